The van der Waals surface area contributed by atoms with Crippen LogP contribution >= 0.6 is 0 Å². The van der Waals surface area contributed by atoms with Gasteiger partial charge in [-0.05, 0) is 55.3 Å². The highest BCUT2D eigenvalue weighted by molar-refractivity contribution is 5.42. The van der Waals surface area contributed by atoms with Crippen LogP contribution in [0.25, 0.3) is 0 Å². The van der Waals surface area contributed by atoms with Crippen LogP contribution < -0.4 is 10.1 Å². The molecule has 2 rings (SSSR count). The highest BCUT2D eigenvalue weighted by Gasteiger charge is 2.34. The summed E-state index contributed by atoms with van der Waals surface area (Å²) in [5, 5.41) is 3.54. The molecule has 1 N–H and O–H groups in total. The van der Waals surface area contributed by atoms with Gasteiger partial charge in [-0.1, -0.05) is 32.9 Å². The zero-order valence-electron chi connectivity index (χ0n) is 12.8. The third-order valence-corrected chi connectivity index (χ3v) is 4.68. The van der Waals surface area contributed by atoms with Gasteiger partial charge in [0.25, 0.3) is 0 Å². The Morgan fingerprint density at radius 3 is 2.74 bits per heavy atom. The van der Waals surface area contributed by atoms with Crippen molar-refractivity contribution >= 4 is 0 Å². The Morgan fingerprint density at radius 1 is 1.37 bits per heavy atom. The molecule has 1 aromatic rings. The number of benzene rings is 1. The van der Waals surface area contributed by atoms with Crippen molar-refractivity contribution in [2.75, 3.05) is 20.2 Å². The molecule has 1 aromatic carbocycles. The second-order valence-electron chi connectivity index (χ2n) is 6.15. The second kappa shape index (κ2) is 5.96. The highest BCUT2D eigenvalue weighted by Crippen LogP contribution is 2.40. The predicted molar refractivity (Wildman–Crippen MR) is 81.0 cm³/mol. The van der Waals surface area contributed by atoms with Gasteiger partial charge >= 0.3 is 0 Å². The van der Waals surface area contributed by atoms with E-state index < -0.39 is 0 Å². The Balaban J connectivity index is 2.36. The normalized spacial score (nSPS) is 20.3. The van der Waals surface area contributed by atoms with E-state index in [1.165, 1.54) is 30.5 Å². The van der Waals surface area contributed by atoms with Crippen molar-refractivity contribution in [1.29, 1.82) is 0 Å². The number of aryl methyl sites for hydroxylation is 1. The van der Waals surface area contributed by atoms with Crippen molar-refractivity contribution in [2.24, 2.45) is 5.92 Å². The first-order valence-electron chi connectivity index (χ1n) is 7.47. The molecule has 1 aliphatic rings. The number of hydrogen-bond acceptors (Lipinski definition) is 2. The number of ether oxygens (including phenoxy) is 1. The Bertz CT molecular complexity index is 419. The average Bonchev–Trinajstić information content (AvgIpc) is 2.47. The van der Waals surface area contributed by atoms with Crippen LogP contribution in [0.15, 0.2) is 18.2 Å². The van der Waals surface area contributed by atoms with Gasteiger partial charge in [-0.3, -0.25) is 0 Å². The molecule has 1 fully saturated rings. The maximum absolute atomic E-state index is 5.60. The average molecular weight is 261 g/mol. The lowest BCUT2D eigenvalue weighted by Gasteiger charge is -2.38. The number of rotatable bonds is 4. The molecule has 0 spiro atoms. The lowest BCUT2D eigenvalue weighted by Crippen LogP contribution is -2.41. The molecule has 2 heteroatoms. The summed E-state index contributed by atoms with van der Waals surface area (Å²) in [4.78, 5) is 0. The SMILES string of the molecule is CCc1ccc(OC)c(C(C)(C)C2CCCNC2)c1. The number of hydrogen-bond donors (Lipinski definition) is 1. The van der Waals surface area contributed by atoms with Crippen LogP contribution in [0.2, 0.25) is 0 Å². The van der Waals surface area contributed by atoms with Crippen LogP contribution in [-0.2, 0) is 11.8 Å². The van der Waals surface area contributed by atoms with Crippen molar-refractivity contribution in [3.05, 3.63) is 29.3 Å². The molecule has 1 atom stereocenters. The van der Waals surface area contributed by atoms with Crippen molar-refractivity contribution in [2.45, 2.75) is 45.4 Å². The second-order valence-corrected chi connectivity index (χ2v) is 6.15. The molecule has 1 aliphatic heterocycles. The van der Waals surface area contributed by atoms with Crippen LogP contribution in [0.5, 0.6) is 5.75 Å². The molecule has 1 heterocycles. The zero-order valence-corrected chi connectivity index (χ0v) is 12.8. The van der Waals surface area contributed by atoms with Crippen molar-refractivity contribution in [3.8, 4) is 5.75 Å². The van der Waals surface area contributed by atoms with Crippen LogP contribution in [0.4, 0.5) is 0 Å². The van der Waals surface area contributed by atoms with E-state index in [0.717, 1.165) is 18.7 Å². The van der Waals surface area contributed by atoms with Gasteiger partial charge in [-0.2, -0.15) is 0 Å². The fourth-order valence-corrected chi connectivity index (χ4v) is 3.17. The summed E-state index contributed by atoms with van der Waals surface area (Å²) in [5.41, 5.74) is 2.92. The van der Waals surface area contributed by atoms with E-state index in [9.17, 15) is 0 Å². The van der Waals surface area contributed by atoms with E-state index in [4.69, 9.17) is 4.74 Å². The van der Waals surface area contributed by atoms with Gasteiger partial charge in [-0.15, -0.1) is 0 Å². The summed E-state index contributed by atoms with van der Waals surface area (Å²) in [6, 6.07) is 6.65. The predicted octanol–water partition coefficient (Wildman–Crippen LogP) is 3.53. The first-order chi connectivity index (χ1) is 9.09. The first-order valence-corrected chi connectivity index (χ1v) is 7.47. The summed E-state index contributed by atoms with van der Waals surface area (Å²) >= 11 is 0. The molecule has 0 saturated carbocycles. The van der Waals surface area contributed by atoms with Gasteiger partial charge in [0.05, 0.1) is 7.11 Å². The molecular formula is C17H27NO. The van der Waals surface area contributed by atoms with Crippen LogP contribution in [0, 0.1) is 5.92 Å². The largest absolute Gasteiger partial charge is 0.496 e. The smallest absolute Gasteiger partial charge is 0.122 e. The summed E-state index contributed by atoms with van der Waals surface area (Å²) in [6.07, 6.45) is 3.67. The van der Waals surface area contributed by atoms with Crippen molar-refractivity contribution in [1.82, 2.24) is 5.32 Å². The third-order valence-electron chi connectivity index (χ3n) is 4.68. The minimum Gasteiger partial charge on any atom is -0.496 e. The van der Waals surface area contributed by atoms with E-state index in [0.29, 0.717) is 5.92 Å². The molecule has 2 nitrogen and oxygen atoms in total. The summed E-state index contributed by atoms with van der Waals surface area (Å²) in [5.74, 6) is 1.72. The molecule has 0 bridgehead atoms. The number of piperidine rings is 1. The molecule has 0 aliphatic carbocycles. The van der Waals surface area contributed by atoms with Gasteiger partial charge in [0.2, 0.25) is 0 Å². The summed E-state index contributed by atoms with van der Waals surface area (Å²) in [6.45, 7) is 9.22. The van der Waals surface area contributed by atoms with E-state index in [1.807, 2.05) is 0 Å². The molecule has 0 radical (unpaired) electrons. The molecule has 1 saturated heterocycles. The third kappa shape index (κ3) is 2.94. The van der Waals surface area contributed by atoms with Crippen molar-refractivity contribution < 1.29 is 4.74 Å². The fourth-order valence-electron chi connectivity index (χ4n) is 3.17. The minimum atomic E-state index is 0.157. The molecule has 0 aromatic heterocycles. The minimum absolute atomic E-state index is 0.157. The van der Waals surface area contributed by atoms with E-state index in [1.54, 1.807) is 7.11 Å². The van der Waals surface area contributed by atoms with Gasteiger partial charge in [0.1, 0.15) is 5.75 Å². The topological polar surface area (TPSA) is 21.3 Å². The summed E-state index contributed by atoms with van der Waals surface area (Å²) < 4.78 is 5.60. The highest BCUT2D eigenvalue weighted by atomic mass is 16.5. The Morgan fingerprint density at radius 2 is 2.16 bits per heavy atom. The molecule has 106 valence electrons. The lowest BCUT2D eigenvalue weighted by atomic mass is 9.70. The zero-order chi connectivity index (χ0) is 13.9. The first kappa shape index (κ1) is 14.4. The molecule has 1 unspecified atom stereocenters. The Labute approximate surface area is 117 Å². The molecule has 19 heavy (non-hydrogen) atoms. The Kier molecular flexibility index (Phi) is 4.51. The van der Waals surface area contributed by atoms with Gasteiger partial charge in [-0.25, -0.2) is 0 Å². The van der Waals surface area contributed by atoms with E-state index >= 15 is 0 Å². The van der Waals surface area contributed by atoms with E-state index in [-0.39, 0.29) is 5.41 Å². The Hall–Kier alpha value is -1.02. The van der Waals surface area contributed by atoms with Gasteiger partial charge < -0.3 is 10.1 Å². The number of nitrogens with one attached hydrogen (secondary N) is 1. The monoisotopic (exact) mass is 261 g/mol. The van der Waals surface area contributed by atoms with Gasteiger partial charge in [0, 0.05) is 5.56 Å². The van der Waals surface area contributed by atoms with Crippen molar-refractivity contribution in [3.63, 3.8) is 0 Å². The molecular weight excluding hydrogens is 234 g/mol. The fraction of sp³-hybridized carbons (Fsp3) is 0.647. The maximum Gasteiger partial charge on any atom is 0.122 e. The van der Waals surface area contributed by atoms with Crippen LogP contribution in [0.1, 0.15) is 44.7 Å². The maximum atomic E-state index is 5.60. The van der Waals surface area contributed by atoms with Crippen LogP contribution in [0.3, 0.4) is 0 Å². The van der Waals surface area contributed by atoms with E-state index in [2.05, 4.69) is 44.3 Å². The van der Waals surface area contributed by atoms with Crippen LogP contribution in [-0.4, -0.2) is 20.2 Å². The standard InChI is InChI=1S/C17H27NO/c1-5-13-8-9-16(19-4)15(11-13)17(2,3)14-7-6-10-18-12-14/h8-9,11,14,18H,5-7,10,12H2,1-4H3. The van der Waals surface area contributed by atoms with Gasteiger partial charge in [0.15, 0.2) is 0 Å². The quantitative estimate of drug-likeness (QED) is 0.895. The lowest BCUT2D eigenvalue weighted by molar-refractivity contribution is 0.245. The molecule has 0 amide bonds. The number of methoxy groups -OCH3 is 1. The summed E-state index contributed by atoms with van der Waals surface area (Å²) in [7, 11) is 1.78.